The molecule has 2 heterocycles. The van der Waals surface area contributed by atoms with Crippen LogP contribution in [0.4, 0.5) is 0 Å². The molecule has 0 bridgehead atoms. The van der Waals surface area contributed by atoms with E-state index in [1.807, 2.05) is 24.8 Å². The van der Waals surface area contributed by atoms with Gasteiger partial charge in [0, 0.05) is 13.0 Å². The first-order valence-electron chi connectivity index (χ1n) is 8.03. The lowest BCUT2D eigenvalue weighted by Crippen LogP contribution is -2.50. The maximum absolute atomic E-state index is 12.6. The van der Waals surface area contributed by atoms with Gasteiger partial charge in [0.15, 0.2) is 11.5 Å². The van der Waals surface area contributed by atoms with Crippen LogP contribution in [-0.2, 0) is 16.0 Å². The fourth-order valence-electron chi connectivity index (χ4n) is 2.91. The van der Waals surface area contributed by atoms with Gasteiger partial charge in [0.2, 0.25) is 5.91 Å². The van der Waals surface area contributed by atoms with Gasteiger partial charge in [-0.15, -0.1) is 0 Å². The van der Waals surface area contributed by atoms with Gasteiger partial charge in [-0.1, -0.05) is 11.6 Å². The van der Waals surface area contributed by atoms with Gasteiger partial charge in [0.1, 0.15) is 0 Å². The summed E-state index contributed by atoms with van der Waals surface area (Å²) in [5.41, 5.74) is 0.843. The van der Waals surface area contributed by atoms with Crippen molar-refractivity contribution in [1.82, 2.24) is 4.90 Å². The number of carbonyl (C=O) groups is 1. The highest BCUT2D eigenvalue weighted by atomic mass is 35.5. The van der Waals surface area contributed by atoms with Crippen molar-refractivity contribution < 1.29 is 19.0 Å². The summed E-state index contributed by atoms with van der Waals surface area (Å²) in [5.74, 6) is 1.29. The van der Waals surface area contributed by atoms with E-state index in [1.165, 1.54) is 0 Å². The van der Waals surface area contributed by atoms with Crippen molar-refractivity contribution in [2.24, 2.45) is 0 Å². The van der Waals surface area contributed by atoms with Crippen molar-refractivity contribution in [2.45, 2.75) is 38.8 Å². The number of rotatable bonds is 2. The van der Waals surface area contributed by atoms with E-state index in [1.54, 1.807) is 6.07 Å². The lowest BCUT2D eigenvalue weighted by molar-refractivity contribution is -0.142. The zero-order valence-electron chi connectivity index (χ0n) is 13.5. The highest BCUT2D eigenvalue weighted by Crippen LogP contribution is 2.38. The van der Waals surface area contributed by atoms with E-state index in [2.05, 4.69) is 0 Å². The van der Waals surface area contributed by atoms with E-state index in [0.717, 1.165) is 12.0 Å². The van der Waals surface area contributed by atoms with Gasteiger partial charge in [-0.25, -0.2) is 0 Å². The Morgan fingerprint density at radius 3 is 2.91 bits per heavy atom. The molecular formula is C17H22ClNO4. The maximum Gasteiger partial charge on any atom is 0.227 e. The topological polar surface area (TPSA) is 48.0 Å². The van der Waals surface area contributed by atoms with E-state index in [4.69, 9.17) is 25.8 Å². The number of morpholine rings is 1. The van der Waals surface area contributed by atoms with E-state index < -0.39 is 0 Å². The summed E-state index contributed by atoms with van der Waals surface area (Å²) in [6.45, 7) is 6.38. The number of nitrogens with zero attached hydrogens (tertiary/aromatic N) is 1. The van der Waals surface area contributed by atoms with E-state index in [0.29, 0.717) is 49.3 Å². The van der Waals surface area contributed by atoms with Crippen LogP contribution in [0.3, 0.4) is 0 Å². The number of hydrogen-bond donors (Lipinski definition) is 0. The van der Waals surface area contributed by atoms with E-state index in [-0.39, 0.29) is 18.1 Å². The quantitative estimate of drug-likeness (QED) is 0.831. The third-order valence-electron chi connectivity index (χ3n) is 4.15. The Bertz CT molecular complexity index is 592. The van der Waals surface area contributed by atoms with Gasteiger partial charge in [-0.05, 0) is 31.5 Å². The van der Waals surface area contributed by atoms with Crippen LogP contribution in [0.25, 0.3) is 0 Å². The second kappa shape index (κ2) is 6.97. The molecule has 5 nitrogen and oxygen atoms in total. The Labute approximate surface area is 141 Å². The van der Waals surface area contributed by atoms with E-state index >= 15 is 0 Å². The second-order valence-corrected chi connectivity index (χ2v) is 6.58. The number of carbonyl (C=O) groups excluding carboxylic acids is 1. The average molecular weight is 340 g/mol. The molecule has 3 rings (SSSR count). The first-order chi connectivity index (χ1) is 11.0. The van der Waals surface area contributed by atoms with Crippen LogP contribution in [0, 0.1) is 0 Å². The molecule has 0 spiro atoms. The molecule has 1 fully saturated rings. The van der Waals surface area contributed by atoms with Crippen molar-refractivity contribution >= 4 is 17.5 Å². The smallest absolute Gasteiger partial charge is 0.227 e. The second-order valence-electron chi connectivity index (χ2n) is 6.17. The summed E-state index contributed by atoms with van der Waals surface area (Å²) in [5, 5.41) is 0.496. The monoisotopic (exact) mass is 339 g/mol. The first kappa shape index (κ1) is 16.4. The molecule has 6 heteroatoms. The first-order valence-corrected chi connectivity index (χ1v) is 8.41. The molecular weight excluding hydrogens is 318 g/mol. The van der Waals surface area contributed by atoms with Crippen LogP contribution in [0.1, 0.15) is 25.8 Å². The molecule has 23 heavy (non-hydrogen) atoms. The number of fused-ring (bicyclic) bond motifs is 1. The average Bonchev–Trinajstić information content (AvgIpc) is 2.75. The fourth-order valence-corrected chi connectivity index (χ4v) is 3.20. The Morgan fingerprint density at radius 2 is 2.09 bits per heavy atom. The molecule has 0 N–H and O–H groups in total. The Hall–Kier alpha value is -1.46. The lowest BCUT2D eigenvalue weighted by Gasteiger charge is -2.37. The van der Waals surface area contributed by atoms with Gasteiger partial charge in [-0.3, -0.25) is 4.79 Å². The van der Waals surface area contributed by atoms with Crippen LogP contribution in [-0.4, -0.2) is 49.3 Å². The highest BCUT2D eigenvalue weighted by Gasteiger charge is 2.28. The van der Waals surface area contributed by atoms with Gasteiger partial charge < -0.3 is 19.1 Å². The lowest BCUT2D eigenvalue weighted by atomic mass is 10.1. The molecule has 0 aromatic heterocycles. The molecule has 2 atom stereocenters. The zero-order valence-corrected chi connectivity index (χ0v) is 14.3. The number of amides is 1. The number of hydrogen-bond acceptors (Lipinski definition) is 4. The van der Waals surface area contributed by atoms with Crippen LogP contribution in [0.2, 0.25) is 5.02 Å². The van der Waals surface area contributed by atoms with Gasteiger partial charge in [0.25, 0.3) is 0 Å². The maximum atomic E-state index is 12.6. The molecule has 1 aromatic rings. The van der Waals surface area contributed by atoms with Crippen LogP contribution in [0.15, 0.2) is 12.1 Å². The summed E-state index contributed by atoms with van der Waals surface area (Å²) in [4.78, 5) is 14.5. The predicted octanol–water partition coefficient (Wildman–Crippen LogP) is 2.68. The van der Waals surface area contributed by atoms with Crippen molar-refractivity contribution in [1.29, 1.82) is 0 Å². The summed E-state index contributed by atoms with van der Waals surface area (Å²) >= 11 is 6.29. The molecule has 0 aliphatic carbocycles. The fraction of sp³-hybridized carbons (Fsp3) is 0.588. The van der Waals surface area contributed by atoms with Crippen molar-refractivity contribution in [3.63, 3.8) is 0 Å². The van der Waals surface area contributed by atoms with Crippen molar-refractivity contribution in [2.75, 3.05) is 26.4 Å². The van der Waals surface area contributed by atoms with Crippen LogP contribution >= 0.6 is 11.6 Å². The minimum absolute atomic E-state index is 0.0718. The summed E-state index contributed by atoms with van der Waals surface area (Å²) in [6, 6.07) is 3.75. The largest absolute Gasteiger partial charge is 0.489 e. The molecule has 2 aliphatic heterocycles. The molecule has 0 saturated carbocycles. The number of benzene rings is 1. The third kappa shape index (κ3) is 3.72. The van der Waals surface area contributed by atoms with Gasteiger partial charge in [0.05, 0.1) is 43.4 Å². The van der Waals surface area contributed by atoms with Crippen molar-refractivity contribution in [3.05, 3.63) is 22.7 Å². The van der Waals surface area contributed by atoms with Gasteiger partial charge in [-0.2, -0.15) is 0 Å². The van der Waals surface area contributed by atoms with Gasteiger partial charge >= 0.3 is 0 Å². The molecule has 0 radical (unpaired) electrons. The molecule has 126 valence electrons. The summed E-state index contributed by atoms with van der Waals surface area (Å²) < 4.78 is 16.9. The molecule has 1 amide bonds. The Balaban J connectivity index is 1.76. The molecule has 1 saturated heterocycles. The van der Waals surface area contributed by atoms with Crippen LogP contribution in [0.5, 0.6) is 11.5 Å². The molecule has 2 unspecified atom stereocenters. The molecule has 1 aromatic carbocycles. The number of halogens is 1. The third-order valence-corrected chi connectivity index (χ3v) is 4.43. The highest BCUT2D eigenvalue weighted by molar-refractivity contribution is 6.32. The van der Waals surface area contributed by atoms with Crippen molar-refractivity contribution in [3.8, 4) is 11.5 Å². The summed E-state index contributed by atoms with van der Waals surface area (Å²) in [6.07, 6.45) is 1.19. The number of ether oxygens (including phenoxy) is 3. The predicted molar refractivity (Wildman–Crippen MR) is 87.4 cm³/mol. The Kier molecular flexibility index (Phi) is 4.97. The molecule has 2 aliphatic rings. The summed E-state index contributed by atoms with van der Waals surface area (Å²) in [7, 11) is 0. The normalized spacial score (nSPS) is 24.2. The minimum Gasteiger partial charge on any atom is -0.489 e. The van der Waals surface area contributed by atoms with E-state index in [9.17, 15) is 4.79 Å². The SMILES string of the molecule is CC1CN(C(=O)Cc2cc(Cl)c3c(c2)OCCCO3)C(C)CO1. The standard InChI is InChI=1S/C17H22ClNO4/c1-11-10-23-12(2)9-19(11)16(20)8-13-6-14(18)17-15(7-13)21-4-3-5-22-17/h6-7,11-12H,3-5,8-10H2,1-2H3. The van der Waals surface area contributed by atoms with Crippen LogP contribution < -0.4 is 9.47 Å². The minimum atomic E-state index is 0.0718. The zero-order chi connectivity index (χ0) is 16.4. The Morgan fingerprint density at radius 1 is 1.30 bits per heavy atom.